The van der Waals surface area contributed by atoms with E-state index >= 15 is 0 Å². The van der Waals surface area contributed by atoms with Crippen molar-refractivity contribution in [1.82, 2.24) is 4.98 Å². The second-order valence-corrected chi connectivity index (χ2v) is 4.52. The molecule has 0 aliphatic carbocycles. The summed E-state index contributed by atoms with van der Waals surface area (Å²) in [5, 5.41) is 0.795. The van der Waals surface area contributed by atoms with Crippen molar-refractivity contribution in [3.8, 4) is 11.3 Å². The van der Waals surface area contributed by atoms with Gasteiger partial charge in [0.25, 0.3) is 0 Å². The summed E-state index contributed by atoms with van der Waals surface area (Å²) in [6.07, 6.45) is 0. The van der Waals surface area contributed by atoms with Crippen LogP contribution in [0.4, 0.5) is 4.39 Å². The minimum atomic E-state index is -0.797. The molecule has 0 unspecified atom stereocenters. The van der Waals surface area contributed by atoms with Crippen molar-refractivity contribution in [2.75, 3.05) is 7.11 Å². The maximum atomic E-state index is 13.4. The third-order valence-electron chi connectivity index (χ3n) is 2.42. The van der Waals surface area contributed by atoms with E-state index in [4.69, 9.17) is 23.2 Å². The number of halogens is 3. The van der Waals surface area contributed by atoms with Crippen LogP contribution in [0.3, 0.4) is 0 Å². The lowest BCUT2D eigenvalue weighted by atomic mass is 10.1. The van der Waals surface area contributed by atoms with Crippen LogP contribution in [0.15, 0.2) is 30.3 Å². The van der Waals surface area contributed by atoms with Crippen LogP contribution < -0.4 is 0 Å². The van der Waals surface area contributed by atoms with Gasteiger partial charge in [0, 0.05) is 16.7 Å². The van der Waals surface area contributed by atoms with Gasteiger partial charge >= 0.3 is 5.97 Å². The first-order chi connectivity index (χ1) is 9.01. The molecule has 0 amide bonds. The van der Waals surface area contributed by atoms with E-state index in [0.29, 0.717) is 15.6 Å². The Morgan fingerprint density at radius 1 is 1.26 bits per heavy atom. The molecule has 0 fully saturated rings. The number of hydrogen-bond acceptors (Lipinski definition) is 3. The molecular weight excluding hydrogens is 292 g/mol. The predicted molar refractivity (Wildman–Crippen MR) is 71.0 cm³/mol. The predicted octanol–water partition coefficient (Wildman–Crippen LogP) is 3.98. The van der Waals surface area contributed by atoms with Crippen LogP contribution in [-0.4, -0.2) is 18.1 Å². The van der Waals surface area contributed by atoms with Gasteiger partial charge in [0.05, 0.1) is 23.4 Å². The van der Waals surface area contributed by atoms with Crippen LogP contribution in [0.5, 0.6) is 0 Å². The molecule has 2 rings (SSSR count). The van der Waals surface area contributed by atoms with E-state index in [2.05, 4.69) is 9.72 Å². The van der Waals surface area contributed by atoms with Crippen molar-refractivity contribution < 1.29 is 13.9 Å². The topological polar surface area (TPSA) is 39.2 Å². The zero-order valence-corrected chi connectivity index (χ0v) is 11.3. The molecule has 2 aromatic rings. The molecule has 0 N–H and O–H groups in total. The first-order valence-corrected chi connectivity index (χ1v) is 5.98. The Hall–Kier alpha value is -1.65. The summed E-state index contributed by atoms with van der Waals surface area (Å²) in [5.41, 5.74) is 0.716. The third kappa shape index (κ3) is 3.03. The fourth-order valence-corrected chi connectivity index (χ4v) is 1.95. The minimum absolute atomic E-state index is 0.0565. The highest BCUT2D eigenvalue weighted by Crippen LogP contribution is 2.30. The lowest BCUT2D eigenvalue weighted by molar-refractivity contribution is 0.0600. The Morgan fingerprint density at radius 3 is 2.68 bits per heavy atom. The second kappa shape index (κ2) is 5.55. The first-order valence-electron chi connectivity index (χ1n) is 5.22. The number of methoxy groups -OCH3 is 1. The van der Waals surface area contributed by atoms with Gasteiger partial charge in [-0.25, -0.2) is 9.78 Å². The van der Waals surface area contributed by atoms with Crippen molar-refractivity contribution in [2.24, 2.45) is 0 Å². The van der Waals surface area contributed by atoms with Crippen molar-refractivity contribution in [2.45, 2.75) is 0 Å². The molecule has 6 heteroatoms. The number of pyridine rings is 1. The Labute approximate surface area is 118 Å². The van der Waals surface area contributed by atoms with Gasteiger partial charge in [-0.1, -0.05) is 23.2 Å². The fourth-order valence-electron chi connectivity index (χ4n) is 1.56. The number of nitrogens with zero attached hydrogens (tertiary/aromatic N) is 1. The monoisotopic (exact) mass is 299 g/mol. The van der Waals surface area contributed by atoms with Crippen LogP contribution in [0.25, 0.3) is 11.3 Å². The average molecular weight is 300 g/mol. The molecule has 19 heavy (non-hydrogen) atoms. The van der Waals surface area contributed by atoms with Crippen molar-refractivity contribution in [1.29, 1.82) is 0 Å². The number of ether oxygens (including phenoxy) is 1. The van der Waals surface area contributed by atoms with Gasteiger partial charge in [-0.15, -0.1) is 0 Å². The largest absolute Gasteiger partial charge is 0.465 e. The summed E-state index contributed by atoms with van der Waals surface area (Å²) in [6.45, 7) is 0. The first kappa shape index (κ1) is 13.8. The highest BCUT2D eigenvalue weighted by Gasteiger charge is 2.13. The van der Waals surface area contributed by atoms with E-state index in [1.165, 1.54) is 13.2 Å². The van der Waals surface area contributed by atoms with Crippen LogP contribution >= 0.6 is 23.2 Å². The molecular formula is C13H8Cl2FNO2. The van der Waals surface area contributed by atoms with Gasteiger partial charge in [0.1, 0.15) is 0 Å². The number of carbonyl (C=O) groups is 1. The molecule has 0 atom stereocenters. The number of hydrogen-bond donors (Lipinski definition) is 0. The van der Waals surface area contributed by atoms with E-state index in [1.54, 1.807) is 18.2 Å². The molecule has 0 bridgehead atoms. The normalized spacial score (nSPS) is 10.3. The molecule has 0 spiro atoms. The van der Waals surface area contributed by atoms with Crippen LogP contribution in [0.2, 0.25) is 10.0 Å². The Kier molecular flexibility index (Phi) is 4.02. The Balaban J connectivity index is 2.59. The zero-order valence-electron chi connectivity index (χ0n) is 9.78. The minimum Gasteiger partial charge on any atom is -0.465 e. The molecule has 0 saturated heterocycles. The summed E-state index contributed by atoms with van der Waals surface area (Å²) in [7, 11) is 1.21. The molecule has 1 aromatic carbocycles. The molecule has 0 aliphatic rings. The quantitative estimate of drug-likeness (QED) is 0.622. The van der Waals surface area contributed by atoms with Crippen molar-refractivity contribution in [3.05, 3.63) is 51.9 Å². The molecule has 98 valence electrons. The summed E-state index contributed by atoms with van der Waals surface area (Å²) < 4.78 is 18.0. The van der Waals surface area contributed by atoms with E-state index in [-0.39, 0.29) is 11.3 Å². The number of aromatic nitrogens is 1. The Morgan fingerprint density at radius 2 is 2.00 bits per heavy atom. The van der Waals surface area contributed by atoms with Gasteiger partial charge in [-0.05, 0) is 24.3 Å². The average Bonchev–Trinajstić information content (AvgIpc) is 2.39. The third-order valence-corrected chi connectivity index (χ3v) is 2.98. The zero-order chi connectivity index (χ0) is 14.0. The van der Waals surface area contributed by atoms with Crippen molar-refractivity contribution in [3.63, 3.8) is 0 Å². The molecule has 1 aromatic heterocycles. The van der Waals surface area contributed by atoms with Crippen molar-refractivity contribution >= 4 is 29.2 Å². The van der Waals surface area contributed by atoms with Crippen LogP contribution in [-0.2, 0) is 4.74 Å². The Bertz CT molecular complexity index is 647. The van der Waals surface area contributed by atoms with Gasteiger partial charge in [0.2, 0.25) is 5.95 Å². The highest BCUT2D eigenvalue weighted by atomic mass is 35.5. The summed E-state index contributed by atoms with van der Waals surface area (Å²) >= 11 is 11.9. The maximum absolute atomic E-state index is 13.4. The van der Waals surface area contributed by atoms with E-state index in [0.717, 1.165) is 6.07 Å². The van der Waals surface area contributed by atoms with Gasteiger partial charge in [-0.3, -0.25) is 0 Å². The molecule has 0 radical (unpaired) electrons. The van der Waals surface area contributed by atoms with Gasteiger partial charge in [0.15, 0.2) is 0 Å². The summed E-state index contributed by atoms with van der Waals surface area (Å²) in [6, 6.07) is 7.12. The van der Waals surface area contributed by atoms with E-state index < -0.39 is 11.9 Å². The summed E-state index contributed by atoms with van der Waals surface area (Å²) in [5.74, 6) is -1.45. The molecule has 0 saturated carbocycles. The van der Waals surface area contributed by atoms with Crippen LogP contribution in [0.1, 0.15) is 10.4 Å². The lowest BCUT2D eigenvalue weighted by Crippen LogP contribution is -2.03. The highest BCUT2D eigenvalue weighted by molar-refractivity contribution is 6.35. The SMILES string of the molecule is COC(=O)c1cc(F)nc(-c2cc(Cl)ccc2Cl)c1. The van der Waals surface area contributed by atoms with Gasteiger partial charge in [-0.2, -0.15) is 4.39 Å². The van der Waals surface area contributed by atoms with Crippen LogP contribution in [0, 0.1) is 5.95 Å². The number of esters is 1. The van der Waals surface area contributed by atoms with E-state index in [9.17, 15) is 9.18 Å². The van der Waals surface area contributed by atoms with Gasteiger partial charge < -0.3 is 4.74 Å². The molecule has 3 nitrogen and oxygen atoms in total. The fraction of sp³-hybridized carbons (Fsp3) is 0.0769. The molecule has 0 aliphatic heterocycles. The second-order valence-electron chi connectivity index (χ2n) is 3.68. The number of carbonyl (C=O) groups excluding carboxylic acids is 1. The summed E-state index contributed by atoms with van der Waals surface area (Å²) in [4.78, 5) is 15.1. The standard InChI is InChI=1S/C13H8Cl2FNO2/c1-19-13(18)7-4-11(17-12(16)5-7)9-6-8(14)2-3-10(9)15/h2-6H,1H3. The van der Waals surface area contributed by atoms with E-state index in [1.807, 2.05) is 0 Å². The maximum Gasteiger partial charge on any atom is 0.338 e. The number of rotatable bonds is 2. The lowest BCUT2D eigenvalue weighted by Gasteiger charge is -2.06. The molecule has 1 heterocycles. The smallest absolute Gasteiger partial charge is 0.338 e. The number of benzene rings is 1.